The molecule has 6 nitrogen and oxygen atoms in total. The number of amides is 1. The van der Waals surface area contributed by atoms with Gasteiger partial charge in [0, 0.05) is 31.0 Å². The lowest BCUT2D eigenvalue weighted by Gasteiger charge is -2.30. The summed E-state index contributed by atoms with van der Waals surface area (Å²) in [6, 6.07) is 9.29. The number of carbonyl (C=O) groups is 2. The van der Waals surface area contributed by atoms with E-state index in [2.05, 4.69) is 5.10 Å². The van der Waals surface area contributed by atoms with Crippen LogP contribution in [0.3, 0.4) is 0 Å². The molecular weight excluding hydrogens is 294 g/mol. The maximum absolute atomic E-state index is 12.6. The van der Waals surface area contributed by atoms with E-state index in [-0.39, 0.29) is 12.5 Å². The Labute approximate surface area is 134 Å². The number of carboxylic acid groups (broad SMARTS) is 1. The molecule has 0 aliphatic carbocycles. The fourth-order valence-corrected chi connectivity index (χ4v) is 2.93. The Kier molecular flexibility index (Phi) is 4.41. The van der Waals surface area contributed by atoms with Crippen LogP contribution in [0.4, 0.5) is 0 Å². The first-order valence-electron chi connectivity index (χ1n) is 7.72. The number of aromatic nitrogens is 2. The molecule has 0 bridgehead atoms. The van der Waals surface area contributed by atoms with Crippen molar-refractivity contribution in [2.75, 3.05) is 13.1 Å². The SMILES string of the molecule is O=C(O)[C@@H]1CCCN(C(=O)c2cccc(Cn3cccn3)c2)C1. The Balaban J connectivity index is 1.73. The van der Waals surface area contributed by atoms with Gasteiger partial charge in [-0.3, -0.25) is 14.3 Å². The number of nitrogens with zero attached hydrogens (tertiary/aromatic N) is 3. The molecule has 0 unspecified atom stereocenters. The van der Waals surface area contributed by atoms with Gasteiger partial charge in [-0.05, 0) is 36.6 Å². The first kappa shape index (κ1) is 15.3. The molecule has 0 saturated carbocycles. The van der Waals surface area contributed by atoms with E-state index in [0.29, 0.717) is 25.1 Å². The van der Waals surface area contributed by atoms with E-state index in [9.17, 15) is 9.59 Å². The summed E-state index contributed by atoms with van der Waals surface area (Å²) in [5.41, 5.74) is 1.59. The van der Waals surface area contributed by atoms with Gasteiger partial charge in [0.1, 0.15) is 0 Å². The van der Waals surface area contributed by atoms with E-state index >= 15 is 0 Å². The molecule has 2 heterocycles. The van der Waals surface area contributed by atoms with Gasteiger partial charge in [-0.25, -0.2) is 0 Å². The zero-order valence-corrected chi connectivity index (χ0v) is 12.8. The normalized spacial score (nSPS) is 17.9. The van der Waals surface area contributed by atoms with Crippen LogP contribution < -0.4 is 0 Å². The van der Waals surface area contributed by atoms with Gasteiger partial charge < -0.3 is 10.0 Å². The summed E-state index contributed by atoms with van der Waals surface area (Å²) >= 11 is 0. The van der Waals surface area contributed by atoms with Crippen molar-refractivity contribution in [2.45, 2.75) is 19.4 Å². The predicted octanol–water partition coefficient (Wildman–Crippen LogP) is 1.87. The monoisotopic (exact) mass is 313 g/mol. The van der Waals surface area contributed by atoms with E-state index in [1.807, 2.05) is 30.5 Å². The third-order valence-corrected chi connectivity index (χ3v) is 4.14. The standard InChI is InChI=1S/C17H19N3O3/c21-16(19-8-2-6-15(12-19)17(22)23)14-5-1-4-13(10-14)11-20-9-3-7-18-20/h1,3-5,7,9-10,15H,2,6,8,11-12H2,(H,22,23)/t15-/m1/s1. The number of carboxylic acids is 1. The first-order valence-corrected chi connectivity index (χ1v) is 7.72. The second-order valence-electron chi connectivity index (χ2n) is 5.83. The summed E-state index contributed by atoms with van der Waals surface area (Å²) in [4.78, 5) is 25.4. The number of rotatable bonds is 4. The second kappa shape index (κ2) is 6.64. The van der Waals surface area contributed by atoms with Gasteiger partial charge in [0.15, 0.2) is 0 Å². The molecular formula is C17H19N3O3. The Morgan fingerprint density at radius 3 is 2.91 bits per heavy atom. The molecule has 1 aliphatic rings. The lowest BCUT2D eigenvalue weighted by atomic mass is 9.97. The molecule has 120 valence electrons. The van der Waals surface area contributed by atoms with E-state index < -0.39 is 11.9 Å². The molecule has 0 spiro atoms. The van der Waals surface area contributed by atoms with Crippen LogP contribution in [0.15, 0.2) is 42.7 Å². The first-order chi connectivity index (χ1) is 11.1. The van der Waals surface area contributed by atoms with Crippen LogP contribution in [-0.4, -0.2) is 44.8 Å². The lowest BCUT2D eigenvalue weighted by molar-refractivity contribution is -0.143. The van der Waals surface area contributed by atoms with Crippen molar-refractivity contribution in [3.05, 3.63) is 53.9 Å². The van der Waals surface area contributed by atoms with Crippen LogP contribution in [0.25, 0.3) is 0 Å². The molecule has 0 radical (unpaired) electrons. The zero-order chi connectivity index (χ0) is 16.2. The third-order valence-electron chi connectivity index (χ3n) is 4.14. The Morgan fingerprint density at radius 1 is 1.30 bits per heavy atom. The van der Waals surface area contributed by atoms with Crippen molar-refractivity contribution < 1.29 is 14.7 Å². The minimum absolute atomic E-state index is 0.0988. The van der Waals surface area contributed by atoms with Crippen molar-refractivity contribution >= 4 is 11.9 Å². The third kappa shape index (κ3) is 3.59. The highest BCUT2D eigenvalue weighted by Crippen LogP contribution is 2.19. The van der Waals surface area contributed by atoms with Gasteiger partial charge in [0.25, 0.3) is 5.91 Å². The second-order valence-corrected chi connectivity index (χ2v) is 5.83. The number of aliphatic carboxylic acids is 1. The highest BCUT2D eigenvalue weighted by Gasteiger charge is 2.28. The molecule has 1 atom stereocenters. The molecule has 1 saturated heterocycles. The number of carbonyl (C=O) groups excluding carboxylic acids is 1. The predicted molar refractivity (Wildman–Crippen MR) is 84.0 cm³/mol. The highest BCUT2D eigenvalue weighted by atomic mass is 16.4. The summed E-state index contributed by atoms with van der Waals surface area (Å²) in [5.74, 6) is -1.38. The Morgan fingerprint density at radius 2 is 2.17 bits per heavy atom. The van der Waals surface area contributed by atoms with Gasteiger partial charge in [-0.1, -0.05) is 12.1 Å². The van der Waals surface area contributed by atoms with Crippen molar-refractivity contribution in [3.8, 4) is 0 Å². The number of piperidine rings is 1. The smallest absolute Gasteiger partial charge is 0.308 e. The van der Waals surface area contributed by atoms with Crippen LogP contribution in [0.5, 0.6) is 0 Å². The Bertz CT molecular complexity index is 697. The van der Waals surface area contributed by atoms with Gasteiger partial charge in [0.2, 0.25) is 0 Å². The van der Waals surface area contributed by atoms with Crippen molar-refractivity contribution in [1.82, 2.24) is 14.7 Å². The average molecular weight is 313 g/mol. The van der Waals surface area contributed by atoms with Crippen LogP contribution in [0.2, 0.25) is 0 Å². The van der Waals surface area contributed by atoms with Gasteiger partial charge in [-0.15, -0.1) is 0 Å². The van der Waals surface area contributed by atoms with E-state index in [1.165, 1.54) is 0 Å². The molecule has 1 aromatic heterocycles. The summed E-state index contributed by atoms with van der Waals surface area (Å²) in [7, 11) is 0. The molecule has 1 N–H and O–H groups in total. The number of benzene rings is 1. The maximum atomic E-state index is 12.6. The highest BCUT2D eigenvalue weighted by molar-refractivity contribution is 5.94. The molecule has 2 aromatic rings. The summed E-state index contributed by atoms with van der Waals surface area (Å²) in [6.07, 6.45) is 4.96. The molecule has 1 aromatic carbocycles. The fourth-order valence-electron chi connectivity index (χ4n) is 2.93. The van der Waals surface area contributed by atoms with Crippen LogP contribution in [-0.2, 0) is 11.3 Å². The molecule has 3 rings (SSSR count). The average Bonchev–Trinajstić information content (AvgIpc) is 3.07. The minimum atomic E-state index is -0.824. The van der Waals surface area contributed by atoms with E-state index in [1.54, 1.807) is 21.8 Å². The lowest BCUT2D eigenvalue weighted by Crippen LogP contribution is -2.42. The maximum Gasteiger partial charge on any atom is 0.308 e. The largest absolute Gasteiger partial charge is 0.481 e. The fraction of sp³-hybridized carbons (Fsp3) is 0.353. The van der Waals surface area contributed by atoms with Gasteiger partial charge in [-0.2, -0.15) is 5.10 Å². The van der Waals surface area contributed by atoms with Crippen LogP contribution >= 0.6 is 0 Å². The van der Waals surface area contributed by atoms with Crippen molar-refractivity contribution in [1.29, 1.82) is 0 Å². The minimum Gasteiger partial charge on any atom is -0.481 e. The quantitative estimate of drug-likeness (QED) is 0.935. The van der Waals surface area contributed by atoms with E-state index in [0.717, 1.165) is 12.0 Å². The topological polar surface area (TPSA) is 75.4 Å². The van der Waals surface area contributed by atoms with Crippen molar-refractivity contribution in [2.24, 2.45) is 5.92 Å². The number of hydrogen-bond acceptors (Lipinski definition) is 3. The molecule has 23 heavy (non-hydrogen) atoms. The van der Waals surface area contributed by atoms with Crippen LogP contribution in [0.1, 0.15) is 28.8 Å². The summed E-state index contributed by atoms with van der Waals surface area (Å²) in [5, 5.41) is 13.3. The van der Waals surface area contributed by atoms with Gasteiger partial charge >= 0.3 is 5.97 Å². The molecule has 1 fully saturated rings. The summed E-state index contributed by atoms with van der Waals surface area (Å²) in [6.45, 7) is 1.51. The Hall–Kier alpha value is -2.63. The van der Waals surface area contributed by atoms with Crippen molar-refractivity contribution in [3.63, 3.8) is 0 Å². The van der Waals surface area contributed by atoms with E-state index in [4.69, 9.17) is 5.11 Å². The van der Waals surface area contributed by atoms with Gasteiger partial charge in [0.05, 0.1) is 12.5 Å². The molecule has 1 aliphatic heterocycles. The molecule has 1 amide bonds. The zero-order valence-electron chi connectivity index (χ0n) is 12.8. The molecule has 6 heteroatoms. The number of likely N-dealkylation sites (tertiary alicyclic amines) is 1. The summed E-state index contributed by atoms with van der Waals surface area (Å²) < 4.78 is 1.80. The number of hydrogen-bond donors (Lipinski definition) is 1. The van der Waals surface area contributed by atoms with Crippen LogP contribution in [0, 0.1) is 5.92 Å².